The summed E-state index contributed by atoms with van der Waals surface area (Å²) in [5, 5.41) is 5.12. The van der Waals surface area contributed by atoms with Gasteiger partial charge in [0.15, 0.2) is 0 Å². The molecule has 2 N–H and O–H groups in total. The smallest absolute Gasteiger partial charge is 0.250 e. The molecule has 116 valence electrons. The number of hydrogen-bond acceptors (Lipinski definition) is 3. The zero-order chi connectivity index (χ0) is 15.9. The van der Waals surface area contributed by atoms with Crippen LogP contribution in [0.5, 0.6) is 0 Å². The maximum atomic E-state index is 11.8. The minimum atomic E-state index is -0.0953. The van der Waals surface area contributed by atoms with E-state index in [1.54, 1.807) is 18.0 Å². The normalized spacial score (nSPS) is 11.1. The van der Waals surface area contributed by atoms with Crippen LogP contribution in [-0.4, -0.2) is 22.9 Å². The summed E-state index contributed by atoms with van der Waals surface area (Å²) in [6.45, 7) is 0. The highest BCUT2D eigenvalue weighted by Gasteiger charge is 2.02. The van der Waals surface area contributed by atoms with E-state index in [4.69, 9.17) is 0 Å². The number of benzene rings is 2. The first kappa shape index (κ1) is 15.4. The molecule has 3 rings (SSSR count). The molecule has 1 amide bonds. The molecule has 0 saturated carbocycles. The second-order valence-electron chi connectivity index (χ2n) is 5.06. The standard InChI is InChI=1S/C18H17N3OS/c22-18(13-23-12-14-6-2-1-3-7-14)21-20-11-15-10-19-17-9-5-4-8-16(15)17/h1-11,19H,12-13H2,(H,21,22)/b20-11-. The van der Waals surface area contributed by atoms with Crippen LogP contribution in [0.2, 0.25) is 0 Å². The number of aromatic amines is 1. The van der Waals surface area contributed by atoms with Gasteiger partial charge in [-0.25, -0.2) is 5.43 Å². The fraction of sp³-hybridized carbons (Fsp3) is 0.111. The van der Waals surface area contributed by atoms with Gasteiger partial charge < -0.3 is 4.98 Å². The van der Waals surface area contributed by atoms with Crippen molar-refractivity contribution in [1.29, 1.82) is 0 Å². The van der Waals surface area contributed by atoms with E-state index in [-0.39, 0.29) is 5.91 Å². The Balaban J connectivity index is 1.47. The second-order valence-corrected chi connectivity index (χ2v) is 6.05. The number of nitrogens with zero attached hydrogens (tertiary/aromatic N) is 1. The number of H-pyrrole nitrogens is 1. The molecule has 1 aromatic heterocycles. The number of para-hydroxylation sites is 1. The van der Waals surface area contributed by atoms with E-state index in [2.05, 4.69) is 27.6 Å². The van der Waals surface area contributed by atoms with Crippen LogP contribution >= 0.6 is 11.8 Å². The molecule has 1 heterocycles. The molecule has 0 fully saturated rings. The molecule has 2 aromatic carbocycles. The lowest BCUT2D eigenvalue weighted by Crippen LogP contribution is -2.19. The number of amides is 1. The van der Waals surface area contributed by atoms with Crippen LogP contribution in [0.25, 0.3) is 10.9 Å². The van der Waals surface area contributed by atoms with Crippen molar-refractivity contribution >= 4 is 34.8 Å². The van der Waals surface area contributed by atoms with Crippen molar-refractivity contribution in [2.45, 2.75) is 5.75 Å². The van der Waals surface area contributed by atoms with E-state index in [1.165, 1.54) is 5.56 Å². The van der Waals surface area contributed by atoms with Gasteiger partial charge in [0.25, 0.3) is 0 Å². The lowest BCUT2D eigenvalue weighted by molar-refractivity contribution is -0.118. The van der Waals surface area contributed by atoms with Crippen LogP contribution in [-0.2, 0) is 10.5 Å². The minimum Gasteiger partial charge on any atom is -0.361 e. The molecule has 0 aliphatic heterocycles. The summed E-state index contributed by atoms with van der Waals surface area (Å²) in [6.07, 6.45) is 3.54. The van der Waals surface area contributed by atoms with Crippen molar-refractivity contribution in [1.82, 2.24) is 10.4 Å². The van der Waals surface area contributed by atoms with Crippen molar-refractivity contribution in [3.8, 4) is 0 Å². The van der Waals surface area contributed by atoms with Crippen molar-refractivity contribution < 1.29 is 4.79 Å². The lowest BCUT2D eigenvalue weighted by Gasteiger charge is -2.01. The molecule has 0 aliphatic carbocycles. The highest BCUT2D eigenvalue weighted by molar-refractivity contribution is 7.99. The summed E-state index contributed by atoms with van der Waals surface area (Å²) in [4.78, 5) is 14.9. The number of nitrogens with one attached hydrogen (secondary N) is 2. The van der Waals surface area contributed by atoms with Crippen molar-refractivity contribution in [2.24, 2.45) is 5.10 Å². The molecule has 23 heavy (non-hydrogen) atoms. The molecule has 0 aliphatic rings. The number of carbonyl (C=O) groups is 1. The zero-order valence-electron chi connectivity index (χ0n) is 12.5. The monoisotopic (exact) mass is 323 g/mol. The molecule has 5 heteroatoms. The number of hydrogen-bond donors (Lipinski definition) is 2. The van der Waals surface area contributed by atoms with Crippen LogP contribution in [0.15, 0.2) is 65.9 Å². The zero-order valence-corrected chi connectivity index (χ0v) is 13.3. The third kappa shape index (κ3) is 4.23. The number of thioether (sulfide) groups is 1. The first-order valence-electron chi connectivity index (χ1n) is 7.32. The highest BCUT2D eigenvalue weighted by Crippen LogP contribution is 2.15. The largest absolute Gasteiger partial charge is 0.361 e. The van der Waals surface area contributed by atoms with Gasteiger partial charge in [0.1, 0.15) is 0 Å². The van der Waals surface area contributed by atoms with Gasteiger partial charge in [0.05, 0.1) is 12.0 Å². The molecule has 4 nitrogen and oxygen atoms in total. The minimum absolute atomic E-state index is 0.0953. The number of rotatable bonds is 6. The van der Waals surface area contributed by atoms with Crippen LogP contribution in [0.4, 0.5) is 0 Å². The fourth-order valence-electron chi connectivity index (χ4n) is 2.24. The number of carbonyl (C=O) groups excluding carboxylic acids is 1. The fourth-order valence-corrected chi connectivity index (χ4v) is 3.02. The predicted octanol–water partition coefficient (Wildman–Crippen LogP) is 3.55. The van der Waals surface area contributed by atoms with Gasteiger partial charge in [0.2, 0.25) is 5.91 Å². The van der Waals surface area contributed by atoms with Gasteiger partial charge in [-0.15, -0.1) is 11.8 Å². The summed E-state index contributed by atoms with van der Waals surface area (Å²) in [5.74, 6) is 1.11. The summed E-state index contributed by atoms with van der Waals surface area (Å²) >= 11 is 1.57. The van der Waals surface area contributed by atoms with Crippen LogP contribution in [0.1, 0.15) is 11.1 Å². The van der Waals surface area contributed by atoms with Crippen LogP contribution < -0.4 is 5.43 Å². The molecule has 0 saturated heterocycles. The first-order valence-corrected chi connectivity index (χ1v) is 8.48. The Bertz CT molecular complexity index is 811. The average molecular weight is 323 g/mol. The SMILES string of the molecule is O=C(CSCc1ccccc1)N/N=C\c1c[nH]c2ccccc12. The number of aromatic nitrogens is 1. The Labute approximate surface area is 139 Å². The molecule has 0 bridgehead atoms. The van der Waals surface area contributed by atoms with E-state index in [1.807, 2.05) is 48.7 Å². The van der Waals surface area contributed by atoms with Gasteiger partial charge in [-0.1, -0.05) is 48.5 Å². The molecular weight excluding hydrogens is 306 g/mol. The van der Waals surface area contributed by atoms with E-state index in [0.717, 1.165) is 22.2 Å². The summed E-state index contributed by atoms with van der Waals surface area (Å²) in [5.41, 5.74) is 5.79. The van der Waals surface area contributed by atoms with Crippen LogP contribution in [0.3, 0.4) is 0 Å². The topological polar surface area (TPSA) is 57.2 Å². The molecular formula is C18H17N3OS. The third-order valence-electron chi connectivity index (χ3n) is 3.36. The molecule has 0 spiro atoms. The Kier molecular flexibility index (Phi) is 5.11. The van der Waals surface area contributed by atoms with E-state index in [9.17, 15) is 4.79 Å². The van der Waals surface area contributed by atoms with Gasteiger partial charge in [-0.05, 0) is 11.6 Å². The first-order chi connectivity index (χ1) is 11.3. The van der Waals surface area contributed by atoms with Gasteiger partial charge in [0, 0.05) is 28.4 Å². The van der Waals surface area contributed by atoms with Crippen molar-refractivity contribution in [3.05, 3.63) is 71.9 Å². The Morgan fingerprint density at radius 2 is 1.91 bits per heavy atom. The second kappa shape index (κ2) is 7.65. The van der Waals surface area contributed by atoms with E-state index < -0.39 is 0 Å². The van der Waals surface area contributed by atoms with Crippen molar-refractivity contribution in [3.63, 3.8) is 0 Å². The van der Waals surface area contributed by atoms with E-state index >= 15 is 0 Å². The summed E-state index contributed by atoms with van der Waals surface area (Å²) in [6, 6.07) is 18.1. The molecule has 0 atom stereocenters. The maximum Gasteiger partial charge on any atom is 0.250 e. The average Bonchev–Trinajstić information content (AvgIpc) is 2.99. The van der Waals surface area contributed by atoms with Gasteiger partial charge in [-0.2, -0.15) is 5.10 Å². The van der Waals surface area contributed by atoms with Gasteiger partial charge in [-0.3, -0.25) is 4.79 Å². The Morgan fingerprint density at radius 1 is 1.13 bits per heavy atom. The molecule has 0 unspecified atom stereocenters. The summed E-state index contributed by atoms with van der Waals surface area (Å²) < 4.78 is 0. The van der Waals surface area contributed by atoms with E-state index in [0.29, 0.717) is 5.75 Å². The highest BCUT2D eigenvalue weighted by atomic mass is 32.2. The number of fused-ring (bicyclic) bond motifs is 1. The molecule has 3 aromatic rings. The quantitative estimate of drug-likeness (QED) is 0.538. The predicted molar refractivity (Wildman–Crippen MR) is 96.6 cm³/mol. The van der Waals surface area contributed by atoms with Crippen molar-refractivity contribution in [2.75, 3.05) is 5.75 Å². The van der Waals surface area contributed by atoms with Crippen LogP contribution in [0, 0.1) is 0 Å². The maximum absolute atomic E-state index is 11.8. The summed E-state index contributed by atoms with van der Waals surface area (Å²) in [7, 11) is 0. The molecule has 0 radical (unpaired) electrons. The number of hydrazone groups is 1. The third-order valence-corrected chi connectivity index (χ3v) is 4.36. The Morgan fingerprint density at radius 3 is 2.78 bits per heavy atom. The Hall–Kier alpha value is -2.53. The lowest BCUT2D eigenvalue weighted by atomic mass is 10.2. The van der Waals surface area contributed by atoms with Gasteiger partial charge >= 0.3 is 0 Å².